The van der Waals surface area contributed by atoms with Crippen LogP contribution in [0, 0.1) is 46.3 Å². The Morgan fingerprint density at radius 1 is 0.855 bits per heavy atom. The van der Waals surface area contributed by atoms with E-state index < -0.39 is 104 Å². The van der Waals surface area contributed by atoms with E-state index in [2.05, 4.69) is 26.8 Å². The van der Waals surface area contributed by atoms with Gasteiger partial charge in [-0.1, -0.05) is 39.3 Å². The molecule has 3 aliphatic heterocycles. The summed E-state index contributed by atoms with van der Waals surface area (Å²) in [6.45, 7) is 9.14. The van der Waals surface area contributed by atoms with E-state index in [0.29, 0.717) is 24.7 Å². The van der Waals surface area contributed by atoms with Crippen LogP contribution in [0.5, 0.6) is 0 Å². The molecule has 3 saturated carbocycles. The lowest BCUT2D eigenvalue weighted by Crippen LogP contribution is -2.62. The number of cyclic esters (lactones) is 1. The van der Waals surface area contributed by atoms with E-state index in [1.807, 2.05) is 13.8 Å². The molecule has 55 heavy (non-hydrogen) atoms. The number of rotatable bonds is 8. The number of esters is 1. The second-order valence-electron chi connectivity index (χ2n) is 18.7. The highest BCUT2D eigenvalue weighted by atomic mass is 16.7. The van der Waals surface area contributed by atoms with Crippen molar-refractivity contribution in [3.63, 3.8) is 0 Å². The van der Waals surface area contributed by atoms with E-state index in [1.54, 1.807) is 0 Å². The molecule has 15 nitrogen and oxygen atoms in total. The Bertz CT molecular complexity index is 1420. The summed E-state index contributed by atoms with van der Waals surface area (Å²) in [4.78, 5) is 12.7. The average molecular weight is 785 g/mol. The summed E-state index contributed by atoms with van der Waals surface area (Å²) in [6, 6.07) is 0. The summed E-state index contributed by atoms with van der Waals surface area (Å²) in [5.74, 6) is 0.515. The largest absolute Gasteiger partial charge is 0.459 e. The first-order valence-corrected chi connectivity index (χ1v) is 20.4. The minimum Gasteiger partial charge on any atom is -0.459 e. The van der Waals surface area contributed by atoms with Crippen LogP contribution in [-0.2, 0) is 28.5 Å². The third-order valence-corrected chi connectivity index (χ3v) is 15.9. The molecule has 0 radical (unpaired) electrons. The molecule has 4 aliphatic carbocycles. The van der Waals surface area contributed by atoms with Crippen molar-refractivity contribution in [2.75, 3.05) is 13.2 Å². The number of ether oxygens (including phenoxy) is 5. The maximum Gasteiger partial charge on any atom is 0.309 e. The van der Waals surface area contributed by atoms with Gasteiger partial charge in [0.2, 0.25) is 0 Å². The van der Waals surface area contributed by atoms with Crippen molar-refractivity contribution in [2.24, 2.45) is 46.3 Å². The predicted molar refractivity (Wildman–Crippen MR) is 191 cm³/mol. The van der Waals surface area contributed by atoms with Crippen LogP contribution < -0.4 is 0 Å². The molecule has 0 aromatic carbocycles. The van der Waals surface area contributed by atoms with Gasteiger partial charge in [-0.15, -0.1) is 0 Å². The Labute approximate surface area is 322 Å². The van der Waals surface area contributed by atoms with E-state index in [-0.39, 0.29) is 41.5 Å². The van der Waals surface area contributed by atoms with Gasteiger partial charge in [-0.2, -0.15) is 0 Å². The van der Waals surface area contributed by atoms with Crippen LogP contribution in [0.15, 0.2) is 11.6 Å². The first-order chi connectivity index (χ1) is 25.8. The second-order valence-corrected chi connectivity index (χ2v) is 18.7. The van der Waals surface area contributed by atoms with Gasteiger partial charge < -0.3 is 69.6 Å². The minimum absolute atomic E-state index is 0.0289. The lowest BCUT2D eigenvalue weighted by molar-refractivity contribution is -0.337. The second kappa shape index (κ2) is 15.4. The summed E-state index contributed by atoms with van der Waals surface area (Å²) in [5.41, 5.74) is -0.749. The number of aliphatic hydroxyl groups excluding tert-OH is 8. The van der Waals surface area contributed by atoms with Crippen molar-refractivity contribution in [1.82, 2.24) is 0 Å². The van der Waals surface area contributed by atoms with Crippen molar-refractivity contribution in [3.8, 4) is 0 Å². The fraction of sp³-hybridized carbons (Fsp3) is 0.925. The highest BCUT2D eigenvalue weighted by Gasteiger charge is 2.64. The molecule has 0 amide bonds. The van der Waals surface area contributed by atoms with Gasteiger partial charge >= 0.3 is 5.97 Å². The zero-order valence-electron chi connectivity index (χ0n) is 32.6. The van der Waals surface area contributed by atoms with E-state index in [1.165, 1.54) is 0 Å². The van der Waals surface area contributed by atoms with Gasteiger partial charge in [0, 0.05) is 11.8 Å². The lowest BCUT2D eigenvalue weighted by Gasteiger charge is -2.60. The van der Waals surface area contributed by atoms with Crippen molar-refractivity contribution >= 4 is 5.97 Å². The topological polar surface area (TPSA) is 245 Å². The van der Waals surface area contributed by atoms with Gasteiger partial charge in [-0.25, -0.2) is 0 Å². The molecule has 22 atom stereocenters. The molecule has 7 aliphatic rings. The third kappa shape index (κ3) is 6.94. The zero-order valence-corrected chi connectivity index (χ0v) is 32.6. The van der Waals surface area contributed by atoms with Gasteiger partial charge in [0.05, 0.1) is 31.3 Å². The molecule has 0 aromatic heterocycles. The number of carbonyl (C=O) groups is 1. The molecule has 3 heterocycles. The van der Waals surface area contributed by atoms with Gasteiger partial charge in [-0.05, 0) is 86.9 Å². The standard InChI is InChI=1S/C40H64O15/c1-17-12-28(55-35(49)18(17)2)40(5,50)26-9-8-22-21-7-6-19-13-20(14-27(42)39(19,4)23(21)10-11-38(22,26)3)52-37-34(48)32(46)30(44)25(54-37)16-51-36-33(47)31(45)29(43)24(15-41)53-36/h6,17-18,20-34,36-37,41-48,50H,7-16H2,1-5H3/t17?,18?,20-,21?,22?,23?,24?,25?,26?,27+,28?,29?,30?,31?,32?,33?,34?,36?,37?,38?,39?,40-/m1/s1. The van der Waals surface area contributed by atoms with Crippen molar-refractivity contribution in [1.29, 1.82) is 0 Å². The van der Waals surface area contributed by atoms with E-state index >= 15 is 0 Å². The molecule has 314 valence electrons. The Kier molecular flexibility index (Phi) is 11.7. The molecule has 9 N–H and O–H groups in total. The summed E-state index contributed by atoms with van der Waals surface area (Å²) < 4.78 is 29.0. The molecule has 0 spiro atoms. The first-order valence-electron chi connectivity index (χ1n) is 20.4. The normalized spacial score (nSPS) is 54.0. The summed E-state index contributed by atoms with van der Waals surface area (Å²) >= 11 is 0. The maximum atomic E-state index is 12.7. The van der Waals surface area contributed by atoms with Gasteiger partial charge in [0.15, 0.2) is 12.6 Å². The molecule has 3 saturated heterocycles. The molecule has 19 unspecified atom stereocenters. The lowest BCUT2D eigenvalue weighted by atomic mass is 9.46. The predicted octanol–water partition coefficient (Wildman–Crippen LogP) is -0.116. The van der Waals surface area contributed by atoms with Crippen LogP contribution in [0.25, 0.3) is 0 Å². The maximum absolute atomic E-state index is 12.7. The zero-order chi connectivity index (χ0) is 39.9. The highest BCUT2D eigenvalue weighted by molar-refractivity contribution is 5.73. The number of carbonyl (C=O) groups excluding carboxylic acids is 1. The van der Waals surface area contributed by atoms with Crippen LogP contribution in [-0.4, -0.2) is 150 Å². The fourth-order valence-electron chi connectivity index (χ4n) is 12.2. The summed E-state index contributed by atoms with van der Waals surface area (Å²) in [7, 11) is 0. The average Bonchev–Trinajstić information content (AvgIpc) is 3.51. The van der Waals surface area contributed by atoms with Gasteiger partial charge in [-0.3, -0.25) is 4.79 Å². The molecule has 7 rings (SSSR count). The van der Waals surface area contributed by atoms with Crippen molar-refractivity contribution < 1.29 is 74.4 Å². The van der Waals surface area contributed by atoms with Crippen LogP contribution in [0.4, 0.5) is 0 Å². The molecule has 0 bridgehead atoms. The first kappa shape index (κ1) is 41.8. The highest BCUT2D eigenvalue weighted by Crippen LogP contribution is 2.68. The number of hydrogen-bond donors (Lipinski definition) is 9. The summed E-state index contributed by atoms with van der Waals surface area (Å²) in [5, 5.41) is 96.5. The van der Waals surface area contributed by atoms with Gasteiger partial charge in [0.25, 0.3) is 0 Å². The molecule has 0 aromatic rings. The van der Waals surface area contributed by atoms with Crippen molar-refractivity contribution in [2.45, 2.75) is 171 Å². The minimum atomic E-state index is -1.68. The molecular weight excluding hydrogens is 720 g/mol. The summed E-state index contributed by atoms with van der Waals surface area (Å²) in [6.07, 6.45) is -9.11. The van der Waals surface area contributed by atoms with Crippen LogP contribution in [0.1, 0.15) is 86.0 Å². The number of hydrogen-bond acceptors (Lipinski definition) is 15. The smallest absolute Gasteiger partial charge is 0.309 e. The number of allylic oxidation sites excluding steroid dienone is 1. The van der Waals surface area contributed by atoms with Crippen LogP contribution >= 0.6 is 0 Å². The Morgan fingerprint density at radius 2 is 1.51 bits per heavy atom. The van der Waals surface area contributed by atoms with Crippen LogP contribution in [0.2, 0.25) is 0 Å². The quantitative estimate of drug-likeness (QED) is 0.115. The fourth-order valence-corrected chi connectivity index (χ4v) is 12.2. The molecule has 6 fully saturated rings. The molecule has 15 heteroatoms. The number of fused-ring (bicyclic) bond motifs is 5. The Morgan fingerprint density at radius 3 is 2.18 bits per heavy atom. The number of aliphatic hydroxyl groups is 9. The van der Waals surface area contributed by atoms with E-state index in [4.69, 9.17) is 23.7 Å². The molecular formula is C40H64O15. The Balaban J connectivity index is 1.01. The Hall–Kier alpha value is -1.31. The van der Waals surface area contributed by atoms with Crippen LogP contribution in [0.3, 0.4) is 0 Å². The van der Waals surface area contributed by atoms with E-state index in [9.17, 15) is 50.8 Å². The van der Waals surface area contributed by atoms with Gasteiger partial charge in [0.1, 0.15) is 60.5 Å². The third-order valence-electron chi connectivity index (χ3n) is 15.9. The van der Waals surface area contributed by atoms with Crippen molar-refractivity contribution in [3.05, 3.63) is 11.6 Å². The SMILES string of the molecule is CC1CC([C@](C)(O)C2CCC3C4CC=C5C[C@@H](OC6OC(COC7OC(CO)C(O)C(O)C7O)C(O)C(O)C6O)C[C@H](O)C5(C)C4CCC32C)OC(=O)C1C. The van der Waals surface area contributed by atoms with E-state index in [0.717, 1.165) is 37.7 Å². The monoisotopic (exact) mass is 784 g/mol.